The Morgan fingerprint density at radius 1 is 1.21 bits per heavy atom. The third-order valence-electron chi connectivity index (χ3n) is 10.4. The third-order valence-corrected chi connectivity index (χ3v) is 10.4. The van der Waals surface area contributed by atoms with Crippen molar-refractivity contribution in [2.75, 3.05) is 0 Å². The summed E-state index contributed by atoms with van der Waals surface area (Å²) in [5, 5.41) is 11.7. The molecule has 3 aliphatic carbocycles. The summed E-state index contributed by atoms with van der Waals surface area (Å²) in [5.41, 5.74) is 6.70. The Morgan fingerprint density at radius 2 is 1.82 bits per heavy atom. The van der Waals surface area contributed by atoms with Crippen molar-refractivity contribution in [2.45, 2.75) is 107 Å². The maximum absolute atomic E-state index is 14.4. The molecule has 3 nitrogen and oxygen atoms in total. The van der Waals surface area contributed by atoms with Crippen LogP contribution in [0.2, 0.25) is 0 Å². The second-order valence-corrected chi connectivity index (χ2v) is 12.9. The molecular formula is C31H44O3. The largest absolute Gasteiger partial charge is 0.391 e. The van der Waals surface area contributed by atoms with Crippen molar-refractivity contribution >= 4 is 11.6 Å². The standard InChI is InChI=1S/C31H44O3/c1-11-21-12-22(16(2)3)23-14-29(8)15-30(9)13-17(4)24(20(7)32)28(34)31(30,10)19(6)26(29)27(33)25(23)18(21)5/h12,16-17,24,28,34H,11,13-15H2,1-10H3. The lowest BCUT2D eigenvalue weighted by Gasteiger charge is -2.64. The summed E-state index contributed by atoms with van der Waals surface area (Å²) in [6, 6.07) is 2.34. The quantitative estimate of drug-likeness (QED) is 0.537. The molecule has 0 aliphatic heterocycles. The number of hydrogen-bond donors (Lipinski definition) is 1. The van der Waals surface area contributed by atoms with Crippen molar-refractivity contribution in [1.82, 2.24) is 0 Å². The Hall–Kier alpha value is -1.74. The number of aliphatic hydroxyl groups is 1. The predicted molar refractivity (Wildman–Crippen MR) is 138 cm³/mol. The van der Waals surface area contributed by atoms with E-state index in [9.17, 15) is 14.7 Å². The van der Waals surface area contributed by atoms with Gasteiger partial charge in [-0.05, 0) is 86.0 Å². The molecule has 0 heterocycles. The van der Waals surface area contributed by atoms with Gasteiger partial charge in [-0.3, -0.25) is 9.59 Å². The minimum Gasteiger partial charge on any atom is -0.391 e. The Morgan fingerprint density at radius 3 is 2.35 bits per heavy atom. The molecule has 1 saturated carbocycles. The number of ketones is 2. The van der Waals surface area contributed by atoms with Crippen LogP contribution in [0.4, 0.5) is 0 Å². The van der Waals surface area contributed by atoms with Crippen LogP contribution in [0, 0.1) is 35.0 Å². The number of aryl methyl sites for hydroxylation is 1. The van der Waals surface area contributed by atoms with Crippen LogP contribution in [0.25, 0.3) is 0 Å². The van der Waals surface area contributed by atoms with Gasteiger partial charge in [-0.25, -0.2) is 0 Å². The van der Waals surface area contributed by atoms with E-state index in [0.717, 1.165) is 48.0 Å². The number of allylic oxidation sites excluding steroid dienone is 1. The van der Waals surface area contributed by atoms with Gasteiger partial charge in [-0.15, -0.1) is 0 Å². The molecule has 1 N–H and O–H groups in total. The molecule has 0 spiro atoms. The van der Waals surface area contributed by atoms with E-state index in [-0.39, 0.29) is 34.2 Å². The highest BCUT2D eigenvalue weighted by Gasteiger charge is 2.65. The van der Waals surface area contributed by atoms with Gasteiger partial charge in [0, 0.05) is 27.9 Å². The molecule has 0 bridgehead atoms. The van der Waals surface area contributed by atoms with Crippen LogP contribution in [-0.2, 0) is 17.6 Å². The second-order valence-electron chi connectivity index (χ2n) is 12.9. The second kappa shape index (κ2) is 7.88. The van der Waals surface area contributed by atoms with Crippen molar-refractivity contribution in [2.24, 2.45) is 28.1 Å². The van der Waals surface area contributed by atoms with Gasteiger partial charge < -0.3 is 5.11 Å². The smallest absolute Gasteiger partial charge is 0.190 e. The van der Waals surface area contributed by atoms with Gasteiger partial charge >= 0.3 is 0 Å². The number of carbonyl (C=O) groups excluding carboxylic acids is 2. The molecule has 1 fully saturated rings. The first-order valence-corrected chi connectivity index (χ1v) is 13.2. The van der Waals surface area contributed by atoms with Gasteiger partial charge in [0.2, 0.25) is 0 Å². The van der Waals surface area contributed by atoms with Crippen molar-refractivity contribution < 1.29 is 14.7 Å². The van der Waals surface area contributed by atoms with Crippen molar-refractivity contribution in [3.63, 3.8) is 0 Å². The molecule has 34 heavy (non-hydrogen) atoms. The van der Waals surface area contributed by atoms with E-state index in [2.05, 4.69) is 68.4 Å². The number of fused-ring (bicyclic) bond motifs is 3. The lowest BCUT2D eigenvalue weighted by Crippen LogP contribution is -2.62. The highest BCUT2D eigenvalue weighted by Crippen LogP contribution is 2.68. The van der Waals surface area contributed by atoms with E-state index >= 15 is 0 Å². The van der Waals surface area contributed by atoms with E-state index in [1.165, 1.54) is 16.7 Å². The fourth-order valence-electron chi connectivity index (χ4n) is 8.70. The Labute approximate surface area is 206 Å². The summed E-state index contributed by atoms with van der Waals surface area (Å²) in [7, 11) is 0. The number of aliphatic hydroxyl groups excluding tert-OH is 1. The molecule has 1 aromatic carbocycles. The monoisotopic (exact) mass is 464 g/mol. The van der Waals surface area contributed by atoms with Crippen LogP contribution in [0.3, 0.4) is 0 Å². The Balaban J connectivity index is 2.02. The summed E-state index contributed by atoms with van der Waals surface area (Å²) in [4.78, 5) is 27.0. The summed E-state index contributed by atoms with van der Waals surface area (Å²) in [6.07, 6.45) is 2.74. The molecule has 0 aromatic heterocycles. The maximum atomic E-state index is 14.4. The molecule has 0 radical (unpaired) electrons. The summed E-state index contributed by atoms with van der Waals surface area (Å²) < 4.78 is 0. The molecule has 3 heteroatoms. The first-order valence-electron chi connectivity index (χ1n) is 13.2. The van der Waals surface area contributed by atoms with E-state index in [1.54, 1.807) is 6.92 Å². The molecule has 4 rings (SSSR count). The fraction of sp³-hybridized carbons (Fsp3) is 0.677. The van der Waals surface area contributed by atoms with Crippen LogP contribution in [0.1, 0.15) is 114 Å². The Bertz CT molecular complexity index is 1110. The number of rotatable bonds is 3. The SMILES string of the molecule is CCc1cc(C(C)C)c2c(c1C)C(=O)C1=C(C)C3(C)C(O)C(C(C)=O)C(C)CC3(C)CC1(C)C2. The van der Waals surface area contributed by atoms with Crippen LogP contribution < -0.4 is 0 Å². The van der Waals surface area contributed by atoms with Crippen molar-refractivity contribution in [1.29, 1.82) is 0 Å². The summed E-state index contributed by atoms with van der Waals surface area (Å²) >= 11 is 0. The first kappa shape index (κ1) is 25.4. The molecule has 1 aromatic rings. The maximum Gasteiger partial charge on any atom is 0.190 e. The van der Waals surface area contributed by atoms with Gasteiger partial charge in [0.05, 0.1) is 6.10 Å². The number of hydrogen-bond acceptors (Lipinski definition) is 3. The van der Waals surface area contributed by atoms with Gasteiger partial charge in [-0.1, -0.05) is 60.1 Å². The highest BCUT2D eigenvalue weighted by molar-refractivity contribution is 6.14. The molecular weight excluding hydrogens is 420 g/mol. The normalized spacial score (nSPS) is 37.4. The zero-order valence-electron chi connectivity index (χ0n) is 23.0. The van der Waals surface area contributed by atoms with E-state index in [4.69, 9.17) is 0 Å². The molecule has 186 valence electrons. The predicted octanol–water partition coefficient (Wildman–Crippen LogP) is 6.76. The van der Waals surface area contributed by atoms with Crippen molar-refractivity contribution in [3.05, 3.63) is 45.0 Å². The zero-order chi connectivity index (χ0) is 25.5. The highest BCUT2D eigenvalue weighted by atomic mass is 16.3. The number of benzene rings is 1. The summed E-state index contributed by atoms with van der Waals surface area (Å²) in [5.74, 6) is 0.310. The molecule has 3 aliphatic rings. The topological polar surface area (TPSA) is 54.4 Å². The number of Topliss-reactive ketones (excluding diaryl/α,β-unsaturated/α-hetero) is 2. The molecule has 0 amide bonds. The lowest BCUT2D eigenvalue weighted by molar-refractivity contribution is -0.160. The van der Waals surface area contributed by atoms with Gasteiger partial charge in [-0.2, -0.15) is 0 Å². The van der Waals surface area contributed by atoms with Crippen LogP contribution in [0.15, 0.2) is 17.2 Å². The zero-order valence-corrected chi connectivity index (χ0v) is 23.0. The molecule has 0 saturated heterocycles. The minimum absolute atomic E-state index is 0.0553. The third kappa shape index (κ3) is 3.11. The first-order chi connectivity index (χ1) is 15.6. The minimum atomic E-state index is -0.778. The Kier molecular flexibility index (Phi) is 5.88. The van der Waals surface area contributed by atoms with Gasteiger partial charge in [0.1, 0.15) is 5.78 Å². The van der Waals surface area contributed by atoms with Crippen LogP contribution in [0.5, 0.6) is 0 Å². The van der Waals surface area contributed by atoms with E-state index in [1.807, 2.05) is 0 Å². The summed E-state index contributed by atoms with van der Waals surface area (Å²) in [6.45, 7) is 21.2. The van der Waals surface area contributed by atoms with Crippen LogP contribution in [-0.4, -0.2) is 22.8 Å². The van der Waals surface area contributed by atoms with Gasteiger partial charge in [0.25, 0.3) is 0 Å². The van der Waals surface area contributed by atoms with E-state index in [0.29, 0.717) is 5.92 Å². The average Bonchev–Trinajstić information content (AvgIpc) is 2.70. The van der Waals surface area contributed by atoms with Crippen molar-refractivity contribution in [3.8, 4) is 0 Å². The van der Waals surface area contributed by atoms with Gasteiger partial charge in [0.15, 0.2) is 5.78 Å². The molecule has 6 atom stereocenters. The molecule has 6 unspecified atom stereocenters. The fourth-order valence-corrected chi connectivity index (χ4v) is 8.70. The average molecular weight is 465 g/mol. The lowest BCUT2D eigenvalue weighted by atomic mass is 9.40. The van der Waals surface area contributed by atoms with Crippen LogP contribution >= 0.6 is 0 Å². The van der Waals surface area contributed by atoms with E-state index < -0.39 is 11.5 Å². The number of carbonyl (C=O) groups is 2.